The molecule has 240 valence electrons. The van der Waals surface area contributed by atoms with Crippen LogP contribution in [0.4, 0.5) is 35.0 Å². The van der Waals surface area contributed by atoms with Crippen molar-refractivity contribution < 1.29 is 32.2 Å². The molecule has 46 heavy (non-hydrogen) atoms. The smallest absolute Gasteiger partial charge is 0.495 e. The molecule has 1 aliphatic rings. The molecular formula is C31H30F3N7O4S. The summed E-state index contributed by atoms with van der Waals surface area (Å²) in [5.41, 5.74) is 4.29. The number of aryl methyl sites for hydroxylation is 2. The Morgan fingerprint density at radius 3 is 2.61 bits per heavy atom. The van der Waals surface area contributed by atoms with Gasteiger partial charge in [-0.05, 0) is 66.9 Å². The molecular weight excluding hydrogens is 623 g/mol. The first-order valence-electron chi connectivity index (χ1n) is 14.2. The summed E-state index contributed by atoms with van der Waals surface area (Å²) in [7, 11) is 1.49. The number of amidine groups is 1. The Kier molecular flexibility index (Phi) is 9.80. The lowest BCUT2D eigenvalue weighted by molar-refractivity contribution is -0.274. The van der Waals surface area contributed by atoms with Gasteiger partial charge in [0, 0.05) is 11.8 Å². The predicted molar refractivity (Wildman–Crippen MR) is 170 cm³/mol. The second-order valence-electron chi connectivity index (χ2n) is 10.1. The number of carbonyl (C=O) groups is 2. The van der Waals surface area contributed by atoms with E-state index in [0.29, 0.717) is 33.8 Å². The number of carbonyl (C=O) groups excluding carboxylic acids is 2. The third kappa shape index (κ3) is 7.96. The Morgan fingerprint density at radius 1 is 1.11 bits per heavy atom. The number of hydrogen-bond acceptors (Lipinski definition) is 8. The van der Waals surface area contributed by atoms with Crippen molar-refractivity contribution >= 4 is 45.9 Å². The van der Waals surface area contributed by atoms with Crippen LogP contribution in [-0.4, -0.2) is 51.1 Å². The number of nitrogens with one attached hydrogen (secondary N) is 2. The van der Waals surface area contributed by atoms with Crippen LogP contribution in [0.5, 0.6) is 11.5 Å². The third-order valence-electron chi connectivity index (χ3n) is 6.73. The van der Waals surface area contributed by atoms with Crippen molar-refractivity contribution in [3.63, 3.8) is 0 Å². The van der Waals surface area contributed by atoms with Crippen molar-refractivity contribution in [1.82, 2.24) is 14.8 Å². The summed E-state index contributed by atoms with van der Waals surface area (Å²) in [6.07, 6.45) is -1.63. The molecule has 0 bridgehead atoms. The quantitative estimate of drug-likeness (QED) is 0.194. The standard InChI is InChI=1S/C31H30F3N7O4S/c1-4-5-20-7-6-19(2)14-25(20)41-28(42)17-46-30(41)38-29(43)37-21-8-13-24(26(15-21)44-3)35-16-27-36-18-40(39-27)22-9-11-23(12-10-22)45-31(32,33)34/h6-15,18,35H,4-5,16-17H2,1-3H3,(H,37,43)/b38-30-. The number of aliphatic imine (C=N–C) groups is 1. The number of anilines is 3. The summed E-state index contributed by atoms with van der Waals surface area (Å²) < 4.78 is 48.1. The largest absolute Gasteiger partial charge is 0.573 e. The zero-order valence-corrected chi connectivity index (χ0v) is 25.9. The molecule has 11 nitrogen and oxygen atoms in total. The van der Waals surface area contributed by atoms with Crippen molar-refractivity contribution in [2.24, 2.45) is 4.99 Å². The lowest BCUT2D eigenvalue weighted by Gasteiger charge is -2.20. The van der Waals surface area contributed by atoms with Crippen LogP contribution in [-0.2, 0) is 17.8 Å². The molecule has 1 saturated heterocycles. The minimum atomic E-state index is -4.77. The first-order valence-corrected chi connectivity index (χ1v) is 15.1. The van der Waals surface area contributed by atoms with E-state index >= 15 is 0 Å². The van der Waals surface area contributed by atoms with E-state index in [1.54, 1.807) is 18.2 Å². The molecule has 5 rings (SSSR count). The minimum absolute atomic E-state index is 0.135. The molecule has 1 fully saturated rings. The van der Waals surface area contributed by atoms with Gasteiger partial charge in [0.25, 0.3) is 0 Å². The Bertz CT molecular complexity index is 1760. The molecule has 3 amide bonds. The van der Waals surface area contributed by atoms with Crippen LogP contribution in [0, 0.1) is 6.92 Å². The molecule has 0 atom stereocenters. The maximum absolute atomic E-state index is 12.9. The number of methoxy groups -OCH3 is 1. The number of hydrogen-bond donors (Lipinski definition) is 2. The molecule has 2 N–H and O–H groups in total. The van der Waals surface area contributed by atoms with E-state index in [1.165, 1.54) is 59.0 Å². The van der Waals surface area contributed by atoms with Crippen LogP contribution < -0.4 is 25.0 Å². The van der Waals surface area contributed by atoms with Crippen LogP contribution in [0.1, 0.15) is 30.3 Å². The maximum Gasteiger partial charge on any atom is 0.573 e. The number of halogens is 3. The molecule has 4 aromatic rings. The Labute approximate surface area is 266 Å². The number of alkyl halides is 3. The first kappa shape index (κ1) is 32.3. The lowest BCUT2D eigenvalue weighted by atomic mass is 10.0. The van der Waals surface area contributed by atoms with Gasteiger partial charge in [0.05, 0.1) is 36.5 Å². The van der Waals surface area contributed by atoms with Crippen LogP contribution >= 0.6 is 11.8 Å². The van der Waals surface area contributed by atoms with Crippen molar-refractivity contribution in [2.75, 3.05) is 28.4 Å². The summed E-state index contributed by atoms with van der Waals surface area (Å²) >= 11 is 1.21. The van der Waals surface area contributed by atoms with Gasteiger partial charge in [0.15, 0.2) is 11.0 Å². The van der Waals surface area contributed by atoms with Gasteiger partial charge in [-0.25, -0.2) is 14.5 Å². The fraction of sp³-hybridized carbons (Fsp3) is 0.258. The van der Waals surface area contributed by atoms with Gasteiger partial charge in [0.1, 0.15) is 17.8 Å². The average molecular weight is 654 g/mol. The zero-order chi connectivity index (χ0) is 32.8. The number of amides is 3. The number of aromatic nitrogens is 3. The zero-order valence-electron chi connectivity index (χ0n) is 25.1. The van der Waals surface area contributed by atoms with Gasteiger partial charge in [-0.1, -0.05) is 37.2 Å². The molecule has 2 heterocycles. The molecule has 3 aromatic carbocycles. The van der Waals surface area contributed by atoms with E-state index in [0.717, 1.165) is 29.7 Å². The summed E-state index contributed by atoms with van der Waals surface area (Å²) in [5.74, 6) is 0.561. The maximum atomic E-state index is 12.9. The van der Waals surface area contributed by atoms with Crippen molar-refractivity contribution in [3.8, 4) is 17.2 Å². The topological polar surface area (TPSA) is 123 Å². The number of thioether (sulfide) groups is 1. The van der Waals surface area contributed by atoms with Crippen LogP contribution in [0.25, 0.3) is 5.69 Å². The molecule has 0 radical (unpaired) electrons. The molecule has 0 saturated carbocycles. The second-order valence-corrected chi connectivity index (χ2v) is 11.1. The van der Waals surface area contributed by atoms with Gasteiger partial charge in [-0.2, -0.15) is 4.99 Å². The Balaban J connectivity index is 1.23. The molecule has 0 unspecified atom stereocenters. The van der Waals surface area contributed by atoms with E-state index in [2.05, 4.69) is 37.4 Å². The van der Waals surface area contributed by atoms with Crippen molar-refractivity contribution in [1.29, 1.82) is 0 Å². The minimum Gasteiger partial charge on any atom is -0.495 e. The first-order chi connectivity index (χ1) is 22.0. The summed E-state index contributed by atoms with van der Waals surface area (Å²) in [5, 5.41) is 10.6. The van der Waals surface area contributed by atoms with Crippen LogP contribution in [0.15, 0.2) is 72.0 Å². The summed E-state index contributed by atoms with van der Waals surface area (Å²) in [4.78, 5) is 35.7. The fourth-order valence-electron chi connectivity index (χ4n) is 4.68. The number of rotatable bonds is 10. The van der Waals surface area contributed by atoms with Gasteiger partial charge in [-0.3, -0.25) is 9.69 Å². The highest BCUT2D eigenvalue weighted by molar-refractivity contribution is 8.15. The fourth-order valence-corrected chi connectivity index (χ4v) is 5.53. The Morgan fingerprint density at radius 2 is 1.89 bits per heavy atom. The van der Waals surface area contributed by atoms with Crippen LogP contribution in [0.2, 0.25) is 0 Å². The highest BCUT2D eigenvalue weighted by Crippen LogP contribution is 2.32. The van der Waals surface area contributed by atoms with E-state index in [9.17, 15) is 22.8 Å². The van der Waals surface area contributed by atoms with Crippen molar-refractivity contribution in [3.05, 3.63) is 83.9 Å². The monoisotopic (exact) mass is 653 g/mol. The van der Waals surface area contributed by atoms with Gasteiger partial charge in [-0.15, -0.1) is 18.3 Å². The van der Waals surface area contributed by atoms with E-state index in [1.807, 2.05) is 25.1 Å². The average Bonchev–Trinajstić information content (AvgIpc) is 3.63. The SMILES string of the molecule is CCCc1ccc(C)cc1N1C(=O)CS/C1=N\C(=O)Nc1ccc(NCc2ncn(-c3ccc(OC(F)(F)F)cc3)n2)c(OC)c1. The molecule has 0 aliphatic carbocycles. The van der Waals surface area contributed by atoms with Crippen LogP contribution in [0.3, 0.4) is 0 Å². The lowest BCUT2D eigenvalue weighted by Crippen LogP contribution is -2.31. The number of nitrogens with zero attached hydrogens (tertiary/aromatic N) is 5. The van der Waals surface area contributed by atoms with Gasteiger partial charge in [0.2, 0.25) is 5.91 Å². The highest BCUT2D eigenvalue weighted by atomic mass is 32.2. The van der Waals surface area contributed by atoms with Gasteiger partial charge >= 0.3 is 12.4 Å². The summed E-state index contributed by atoms with van der Waals surface area (Å²) in [6.45, 7) is 4.23. The van der Waals surface area contributed by atoms with E-state index in [4.69, 9.17) is 4.74 Å². The Hall–Kier alpha value is -5.05. The second kappa shape index (κ2) is 13.9. The number of urea groups is 1. The molecule has 0 spiro atoms. The predicted octanol–water partition coefficient (Wildman–Crippen LogP) is 6.72. The van der Waals surface area contributed by atoms with Crippen molar-refractivity contribution in [2.45, 2.75) is 39.6 Å². The number of ether oxygens (including phenoxy) is 2. The third-order valence-corrected chi connectivity index (χ3v) is 7.65. The molecule has 1 aromatic heterocycles. The number of benzene rings is 3. The normalized spacial score (nSPS) is 14.1. The van der Waals surface area contributed by atoms with Gasteiger partial charge < -0.3 is 20.1 Å². The summed E-state index contributed by atoms with van der Waals surface area (Å²) in [6, 6.07) is 15.6. The molecule has 15 heteroatoms. The van der Waals surface area contributed by atoms with E-state index in [-0.39, 0.29) is 24.0 Å². The highest BCUT2D eigenvalue weighted by Gasteiger charge is 2.32. The van der Waals surface area contributed by atoms with E-state index < -0.39 is 12.4 Å². The molecule has 1 aliphatic heterocycles.